The summed E-state index contributed by atoms with van der Waals surface area (Å²) in [5.41, 5.74) is -6.23. The minimum atomic E-state index is -2.33. The highest BCUT2D eigenvalue weighted by molar-refractivity contribution is 5.92. The van der Waals surface area contributed by atoms with E-state index in [2.05, 4.69) is 12.1 Å². The molecule has 258 valence electrons. The Balaban J connectivity index is 1.25. The maximum atomic E-state index is 13.8. The SMILES string of the molecule is CC(C)C12OC3(c4ccccc4)OC1[C@@H]1[C@@H]4O[C@]4(CO)[C@@H](O)[C@]4(O)C(=O)CC[C@@]4(C)C1(O3)[C@H](C)[C@H]2OC(=O)CCCCc1ccccc1. The Labute approximate surface area is 280 Å². The van der Waals surface area contributed by atoms with Gasteiger partial charge in [0.05, 0.1) is 12.2 Å². The first-order valence-electron chi connectivity index (χ1n) is 17.5. The summed E-state index contributed by atoms with van der Waals surface area (Å²) in [5.74, 6) is -4.29. The topological polar surface area (TPSA) is 144 Å². The van der Waals surface area contributed by atoms with E-state index in [1.54, 1.807) is 6.92 Å². The molecule has 3 saturated carbocycles. The lowest BCUT2D eigenvalue weighted by molar-refractivity contribution is -0.454. The lowest BCUT2D eigenvalue weighted by Gasteiger charge is -2.65. The van der Waals surface area contributed by atoms with Crippen molar-refractivity contribution < 1.29 is 48.6 Å². The molecule has 3 heterocycles. The summed E-state index contributed by atoms with van der Waals surface area (Å²) < 4.78 is 34.1. The van der Waals surface area contributed by atoms with E-state index >= 15 is 0 Å². The highest BCUT2D eigenvalue weighted by atomic mass is 16.9. The predicted molar refractivity (Wildman–Crippen MR) is 170 cm³/mol. The second-order valence-electron chi connectivity index (χ2n) is 15.5. The Morgan fingerprint density at radius 1 is 1.00 bits per heavy atom. The van der Waals surface area contributed by atoms with Crippen molar-refractivity contribution in [2.24, 2.45) is 23.2 Å². The average Bonchev–Trinajstić information content (AvgIpc) is 3.71. The molecule has 6 fully saturated rings. The van der Waals surface area contributed by atoms with Crippen LogP contribution in [0.3, 0.4) is 0 Å². The molecule has 3 bridgehead atoms. The number of aliphatic hydroxyl groups is 3. The van der Waals surface area contributed by atoms with Gasteiger partial charge >= 0.3 is 11.9 Å². The molecular formula is C38H46O10. The molecule has 10 heteroatoms. The van der Waals surface area contributed by atoms with E-state index < -0.39 is 82.4 Å². The summed E-state index contributed by atoms with van der Waals surface area (Å²) in [7, 11) is 0. The van der Waals surface area contributed by atoms with E-state index in [1.807, 2.05) is 69.3 Å². The lowest BCUT2D eigenvalue weighted by atomic mass is 9.47. The van der Waals surface area contributed by atoms with Gasteiger partial charge < -0.3 is 39.0 Å². The molecule has 0 radical (unpaired) electrons. The number of carbonyl (C=O) groups excluding carboxylic acids is 2. The normalized spacial score (nSPS) is 46.5. The maximum Gasteiger partial charge on any atom is 0.313 e. The summed E-state index contributed by atoms with van der Waals surface area (Å²) in [6, 6.07) is 19.4. The average molecular weight is 663 g/mol. The monoisotopic (exact) mass is 662 g/mol. The first-order valence-corrected chi connectivity index (χ1v) is 17.5. The van der Waals surface area contributed by atoms with Crippen molar-refractivity contribution in [1.82, 2.24) is 0 Å². The van der Waals surface area contributed by atoms with E-state index in [-0.39, 0.29) is 31.1 Å². The van der Waals surface area contributed by atoms with Crippen LogP contribution < -0.4 is 0 Å². The molecule has 3 aliphatic carbocycles. The smallest absolute Gasteiger partial charge is 0.313 e. The number of unbranched alkanes of at least 4 members (excludes halogenated alkanes) is 1. The van der Waals surface area contributed by atoms with E-state index in [9.17, 15) is 24.9 Å². The fraction of sp³-hybridized carbons (Fsp3) is 0.632. The van der Waals surface area contributed by atoms with Crippen LogP contribution in [-0.4, -0.2) is 80.5 Å². The van der Waals surface area contributed by atoms with Gasteiger partial charge in [-0.3, -0.25) is 9.59 Å². The van der Waals surface area contributed by atoms with Crippen molar-refractivity contribution in [1.29, 1.82) is 0 Å². The van der Waals surface area contributed by atoms with Crippen LogP contribution in [0.5, 0.6) is 0 Å². The van der Waals surface area contributed by atoms with E-state index in [4.69, 9.17) is 23.7 Å². The van der Waals surface area contributed by atoms with Crippen LogP contribution >= 0.6 is 0 Å². The Kier molecular flexibility index (Phi) is 7.21. The van der Waals surface area contributed by atoms with Crippen LogP contribution in [0.25, 0.3) is 0 Å². The number of rotatable bonds is 9. The number of hydrogen-bond acceptors (Lipinski definition) is 10. The summed E-state index contributed by atoms with van der Waals surface area (Å²) >= 11 is 0. The summed E-state index contributed by atoms with van der Waals surface area (Å²) in [6.45, 7) is 7.10. The number of Topliss-reactive ketones (excluding diaryl/α,β-unsaturated/α-hetero) is 1. The summed E-state index contributed by atoms with van der Waals surface area (Å²) in [5, 5.41) is 35.3. The zero-order valence-corrected chi connectivity index (χ0v) is 28.0. The third-order valence-electron chi connectivity index (χ3n) is 13.1. The zero-order chi connectivity index (χ0) is 33.9. The number of aryl methyl sites for hydroxylation is 1. The standard InChI is InChI=1S/C38H46O10/c1-22(2)35-29(44-27(41)18-12-11-15-24-13-7-5-8-14-24)23(3)37-28(31(35)46-38(47-35,48-37)25-16-9-6-10-17-25)30-34(21-39,45-30)32(42)36(43)26(40)19-20-33(36,37)4/h5-10,13-14,16-17,22-23,28-32,39,42-43H,11-12,15,18-21H2,1-4H3/t23-,28+,29-,30+,31?,32-,33-,34+,35?,36-,37?,38?/m1/s1. The number of carbonyl (C=O) groups is 2. The number of fused-ring (bicyclic) bond motifs is 3. The van der Waals surface area contributed by atoms with Gasteiger partial charge in [-0.15, -0.1) is 0 Å². The van der Waals surface area contributed by atoms with E-state index in [1.165, 1.54) is 5.56 Å². The first kappa shape index (κ1) is 32.5. The van der Waals surface area contributed by atoms with Gasteiger partial charge in [-0.1, -0.05) is 88.4 Å². The van der Waals surface area contributed by atoms with Crippen LogP contribution in [-0.2, 0) is 45.7 Å². The molecule has 10 nitrogen and oxygen atoms in total. The summed E-state index contributed by atoms with van der Waals surface area (Å²) in [6.07, 6.45) is -1.56. The Hall–Kier alpha value is -2.70. The first-order chi connectivity index (χ1) is 22.9. The van der Waals surface area contributed by atoms with Crippen molar-refractivity contribution in [3.63, 3.8) is 0 Å². The Morgan fingerprint density at radius 2 is 1.69 bits per heavy atom. The number of aliphatic hydroxyl groups excluding tert-OH is 2. The third-order valence-corrected chi connectivity index (χ3v) is 13.1. The van der Waals surface area contributed by atoms with Crippen LogP contribution in [0.1, 0.15) is 70.9 Å². The number of esters is 1. The molecule has 6 aliphatic rings. The van der Waals surface area contributed by atoms with E-state index in [0.717, 1.165) is 12.8 Å². The predicted octanol–water partition coefficient (Wildman–Crippen LogP) is 3.57. The fourth-order valence-corrected chi connectivity index (χ4v) is 10.7. The molecule has 48 heavy (non-hydrogen) atoms. The van der Waals surface area contributed by atoms with Crippen molar-refractivity contribution in [3.05, 3.63) is 71.8 Å². The maximum absolute atomic E-state index is 13.8. The quantitative estimate of drug-likeness (QED) is 0.207. The molecule has 0 spiro atoms. The molecule has 4 unspecified atom stereocenters. The molecule has 3 aliphatic heterocycles. The number of hydrogen-bond donors (Lipinski definition) is 3. The van der Waals surface area contributed by atoms with E-state index in [0.29, 0.717) is 12.0 Å². The second kappa shape index (κ2) is 10.7. The van der Waals surface area contributed by atoms with Crippen molar-refractivity contribution >= 4 is 11.8 Å². The van der Waals surface area contributed by atoms with Crippen molar-refractivity contribution in [3.8, 4) is 0 Å². The summed E-state index contributed by atoms with van der Waals surface area (Å²) in [4.78, 5) is 27.6. The van der Waals surface area contributed by atoms with Crippen LogP contribution in [0.4, 0.5) is 0 Å². The Morgan fingerprint density at radius 3 is 2.35 bits per heavy atom. The van der Waals surface area contributed by atoms with Crippen LogP contribution in [0, 0.1) is 23.2 Å². The van der Waals surface area contributed by atoms with Gasteiger partial charge in [-0.05, 0) is 37.2 Å². The number of epoxide rings is 1. The van der Waals surface area contributed by atoms with Crippen molar-refractivity contribution in [2.75, 3.05) is 6.61 Å². The van der Waals surface area contributed by atoms with Gasteiger partial charge in [0.25, 0.3) is 0 Å². The lowest BCUT2D eigenvalue weighted by Crippen LogP contribution is -2.80. The number of ketones is 1. The van der Waals surface area contributed by atoms with Crippen LogP contribution in [0.15, 0.2) is 60.7 Å². The van der Waals surface area contributed by atoms with Crippen LogP contribution in [0.2, 0.25) is 0 Å². The molecule has 3 N–H and O–H groups in total. The van der Waals surface area contributed by atoms with Crippen molar-refractivity contribution in [2.45, 2.75) is 119 Å². The van der Waals surface area contributed by atoms with Gasteiger partial charge in [-0.2, -0.15) is 0 Å². The largest absolute Gasteiger partial charge is 0.459 e. The van der Waals surface area contributed by atoms with Gasteiger partial charge in [0, 0.05) is 35.7 Å². The molecular weight excluding hydrogens is 616 g/mol. The molecule has 0 aromatic heterocycles. The number of benzene rings is 2. The minimum absolute atomic E-state index is 0.00725. The third kappa shape index (κ3) is 3.77. The number of ether oxygens (including phenoxy) is 5. The van der Waals surface area contributed by atoms with Gasteiger partial charge in [0.2, 0.25) is 0 Å². The Bertz CT molecular complexity index is 1600. The molecule has 2 aromatic rings. The highest BCUT2D eigenvalue weighted by Gasteiger charge is 2.93. The van der Waals surface area contributed by atoms with Gasteiger partial charge in [-0.25, -0.2) is 0 Å². The molecule has 8 rings (SSSR count). The molecule has 2 aromatic carbocycles. The zero-order valence-electron chi connectivity index (χ0n) is 28.0. The molecule has 12 atom stereocenters. The molecule has 0 amide bonds. The highest BCUT2D eigenvalue weighted by Crippen LogP contribution is 2.77. The van der Waals surface area contributed by atoms with Gasteiger partial charge in [0.15, 0.2) is 11.4 Å². The second-order valence-corrected chi connectivity index (χ2v) is 15.5. The fourth-order valence-electron chi connectivity index (χ4n) is 10.7. The molecule has 3 saturated heterocycles. The minimum Gasteiger partial charge on any atom is -0.459 e. The van der Waals surface area contributed by atoms with Gasteiger partial charge in [0.1, 0.15) is 35.6 Å².